The fourth-order valence-corrected chi connectivity index (χ4v) is 6.14. The standard InChI is InChI=1S/C35H59N2/c1-2-6-10-14-18-24-34-26-22-31-37(32-34)29-21-17-13-9-5-3-7-11-15-19-25-35-27-23-30-36(33-35)28-20-16-12-8-4-1/h22-23,26-27,30-31,33H,1-21,24-25,28-29,32H2/q+1. The van der Waals surface area contributed by atoms with Gasteiger partial charge in [-0.15, -0.1) is 0 Å². The number of hydrogen-bond acceptors (Lipinski definition) is 1. The normalized spacial score (nSPS) is 21.9. The van der Waals surface area contributed by atoms with E-state index in [1.807, 2.05) is 0 Å². The molecule has 1 aromatic rings. The van der Waals surface area contributed by atoms with Crippen LogP contribution >= 0.6 is 0 Å². The monoisotopic (exact) mass is 507 g/mol. The lowest BCUT2D eigenvalue weighted by molar-refractivity contribution is -0.697. The molecule has 0 N–H and O–H groups in total. The van der Waals surface area contributed by atoms with Crippen molar-refractivity contribution in [2.24, 2.45) is 0 Å². The van der Waals surface area contributed by atoms with Crippen molar-refractivity contribution in [1.82, 2.24) is 4.90 Å². The van der Waals surface area contributed by atoms with Crippen LogP contribution in [0.2, 0.25) is 0 Å². The molecule has 208 valence electrons. The second kappa shape index (κ2) is 20.4. The van der Waals surface area contributed by atoms with Crippen molar-refractivity contribution in [2.45, 2.75) is 154 Å². The third-order valence-electron chi connectivity index (χ3n) is 8.53. The van der Waals surface area contributed by atoms with Crippen LogP contribution in [-0.2, 0) is 13.0 Å². The van der Waals surface area contributed by atoms with Gasteiger partial charge in [-0.1, -0.05) is 114 Å². The first kappa shape index (κ1) is 30.0. The van der Waals surface area contributed by atoms with E-state index in [-0.39, 0.29) is 0 Å². The van der Waals surface area contributed by atoms with E-state index in [2.05, 4.69) is 52.3 Å². The maximum absolute atomic E-state index is 2.56. The third kappa shape index (κ3) is 14.8. The van der Waals surface area contributed by atoms with E-state index in [1.165, 1.54) is 173 Å². The molecular weight excluding hydrogens is 448 g/mol. The average molecular weight is 508 g/mol. The molecule has 0 saturated carbocycles. The van der Waals surface area contributed by atoms with Crippen LogP contribution in [-0.4, -0.2) is 18.0 Å². The van der Waals surface area contributed by atoms with Gasteiger partial charge in [0, 0.05) is 31.1 Å². The van der Waals surface area contributed by atoms with Crippen molar-refractivity contribution in [2.75, 3.05) is 13.1 Å². The minimum absolute atomic E-state index is 1.18. The van der Waals surface area contributed by atoms with Gasteiger partial charge in [0.2, 0.25) is 0 Å². The Balaban J connectivity index is 1.33. The lowest BCUT2D eigenvalue weighted by atomic mass is 10.0. The number of aryl methyl sites for hydroxylation is 2. The maximum atomic E-state index is 2.56. The van der Waals surface area contributed by atoms with Crippen molar-refractivity contribution in [1.29, 1.82) is 0 Å². The lowest BCUT2D eigenvalue weighted by Gasteiger charge is -2.25. The van der Waals surface area contributed by atoms with E-state index in [0.29, 0.717) is 0 Å². The lowest BCUT2D eigenvalue weighted by Crippen LogP contribution is -2.33. The molecule has 37 heavy (non-hydrogen) atoms. The predicted molar refractivity (Wildman–Crippen MR) is 161 cm³/mol. The van der Waals surface area contributed by atoms with Gasteiger partial charge in [0.25, 0.3) is 0 Å². The molecule has 0 fully saturated rings. The minimum atomic E-state index is 1.18. The third-order valence-corrected chi connectivity index (χ3v) is 8.53. The smallest absolute Gasteiger partial charge is 0.171 e. The number of aromatic nitrogens is 1. The van der Waals surface area contributed by atoms with Crippen molar-refractivity contribution in [3.63, 3.8) is 0 Å². The highest BCUT2D eigenvalue weighted by molar-refractivity contribution is 5.18. The molecule has 2 heteroatoms. The SMILES string of the molecule is C1=CN2CCCCCCCCCCCCc3ccc[n+](c3)CCCCCCCCCCCCCC(=C1)C2. The summed E-state index contributed by atoms with van der Waals surface area (Å²) in [6, 6.07) is 4.59. The average Bonchev–Trinajstić information content (AvgIpc) is 2.92. The molecule has 0 amide bonds. The molecular formula is C35H59N2+. The van der Waals surface area contributed by atoms with E-state index in [1.54, 1.807) is 5.57 Å². The van der Waals surface area contributed by atoms with Gasteiger partial charge in [0.05, 0.1) is 0 Å². The predicted octanol–water partition coefficient (Wildman–Crippen LogP) is 9.87. The van der Waals surface area contributed by atoms with Gasteiger partial charge in [0.1, 0.15) is 6.54 Å². The van der Waals surface area contributed by atoms with Gasteiger partial charge in [-0.25, -0.2) is 4.57 Å². The van der Waals surface area contributed by atoms with E-state index >= 15 is 0 Å². The van der Waals surface area contributed by atoms with Gasteiger partial charge in [0.15, 0.2) is 12.4 Å². The van der Waals surface area contributed by atoms with E-state index in [9.17, 15) is 0 Å². The quantitative estimate of drug-likeness (QED) is 0.317. The molecule has 0 atom stereocenters. The number of pyridine rings is 1. The molecule has 2 nitrogen and oxygen atoms in total. The van der Waals surface area contributed by atoms with E-state index in [4.69, 9.17) is 0 Å². The highest BCUT2D eigenvalue weighted by Gasteiger charge is 2.08. The summed E-state index contributed by atoms with van der Waals surface area (Å²) in [5.74, 6) is 0. The highest BCUT2D eigenvalue weighted by Crippen LogP contribution is 2.18. The molecule has 1 aromatic heterocycles. The number of nitrogens with zero attached hydrogens (tertiary/aromatic N) is 2. The van der Waals surface area contributed by atoms with Crippen molar-refractivity contribution >= 4 is 0 Å². The Morgan fingerprint density at radius 3 is 1.76 bits per heavy atom. The second-order valence-electron chi connectivity index (χ2n) is 12.0. The summed E-state index contributed by atoms with van der Waals surface area (Å²) >= 11 is 0. The van der Waals surface area contributed by atoms with Crippen LogP contribution in [0.25, 0.3) is 0 Å². The van der Waals surface area contributed by atoms with Gasteiger partial charge in [-0.3, -0.25) is 0 Å². The second-order valence-corrected chi connectivity index (χ2v) is 12.0. The van der Waals surface area contributed by atoms with Crippen LogP contribution in [0.5, 0.6) is 0 Å². The number of fused-ring (bicyclic) bond motifs is 4. The van der Waals surface area contributed by atoms with Gasteiger partial charge in [-0.2, -0.15) is 0 Å². The molecule has 4 bridgehead atoms. The van der Waals surface area contributed by atoms with Crippen molar-refractivity contribution < 1.29 is 4.57 Å². The Morgan fingerprint density at radius 2 is 1.11 bits per heavy atom. The Bertz CT molecular complexity index is 749. The topological polar surface area (TPSA) is 7.12 Å². The van der Waals surface area contributed by atoms with Crippen molar-refractivity contribution in [3.05, 3.63) is 54.0 Å². The van der Waals surface area contributed by atoms with Crippen LogP contribution in [0.15, 0.2) is 48.5 Å². The maximum Gasteiger partial charge on any atom is 0.171 e. The molecule has 0 aromatic carbocycles. The molecule has 0 aliphatic carbocycles. The van der Waals surface area contributed by atoms with Crippen LogP contribution < -0.4 is 4.57 Å². The fourth-order valence-electron chi connectivity index (χ4n) is 6.14. The van der Waals surface area contributed by atoms with Gasteiger partial charge >= 0.3 is 0 Å². The summed E-state index contributed by atoms with van der Waals surface area (Å²) in [5.41, 5.74) is 3.19. The first-order valence-corrected chi connectivity index (χ1v) is 16.5. The van der Waals surface area contributed by atoms with Gasteiger partial charge < -0.3 is 4.90 Å². The Morgan fingerprint density at radius 1 is 0.568 bits per heavy atom. The molecule has 3 heterocycles. The number of hydrogen-bond donors (Lipinski definition) is 0. The summed E-state index contributed by atoms with van der Waals surface area (Å²) in [5, 5.41) is 0. The Hall–Kier alpha value is -1.57. The molecule has 0 radical (unpaired) electrons. The number of allylic oxidation sites excluding steroid dienone is 2. The van der Waals surface area contributed by atoms with Crippen LogP contribution in [0, 0.1) is 0 Å². The van der Waals surface area contributed by atoms with Crippen LogP contribution in [0.1, 0.15) is 147 Å². The summed E-state index contributed by atoms with van der Waals surface area (Å²) in [6.45, 7) is 3.62. The molecule has 0 saturated heterocycles. The zero-order valence-corrected chi connectivity index (χ0v) is 24.3. The van der Waals surface area contributed by atoms with Crippen molar-refractivity contribution in [3.8, 4) is 0 Å². The Labute approximate surface area is 230 Å². The van der Waals surface area contributed by atoms with E-state index < -0.39 is 0 Å². The zero-order chi connectivity index (χ0) is 25.6. The molecule has 3 rings (SSSR count). The van der Waals surface area contributed by atoms with E-state index in [0.717, 1.165) is 0 Å². The summed E-state index contributed by atoms with van der Waals surface area (Å²) in [7, 11) is 0. The summed E-state index contributed by atoms with van der Waals surface area (Å²) in [6.07, 6.45) is 43.9. The molecule has 0 spiro atoms. The fraction of sp³-hybridized carbons (Fsp3) is 0.743. The number of rotatable bonds is 0. The zero-order valence-electron chi connectivity index (χ0n) is 24.3. The molecule has 2 aliphatic rings. The van der Waals surface area contributed by atoms with Crippen LogP contribution in [0.4, 0.5) is 0 Å². The first-order chi connectivity index (χ1) is 18.4. The van der Waals surface area contributed by atoms with Crippen LogP contribution in [0.3, 0.4) is 0 Å². The first-order valence-electron chi connectivity index (χ1n) is 16.5. The van der Waals surface area contributed by atoms with Gasteiger partial charge in [-0.05, 0) is 56.9 Å². The summed E-state index contributed by atoms with van der Waals surface area (Å²) in [4.78, 5) is 2.56. The minimum Gasteiger partial charge on any atom is -0.373 e. The Kier molecular flexibility index (Phi) is 16.5. The highest BCUT2D eigenvalue weighted by atomic mass is 15.1. The molecule has 0 unspecified atom stereocenters. The summed E-state index contributed by atoms with van der Waals surface area (Å²) < 4.78 is 2.44. The largest absolute Gasteiger partial charge is 0.373 e. The molecule has 2 aliphatic heterocycles.